The average Bonchev–Trinajstić information content (AvgIpc) is 2.47. The first kappa shape index (κ1) is 11.7. The van der Waals surface area contributed by atoms with Crippen LogP contribution in [0, 0.1) is 6.92 Å². The van der Waals surface area contributed by atoms with Crippen LogP contribution in [0.15, 0.2) is 48.9 Å². The lowest BCUT2D eigenvalue weighted by Gasteiger charge is -2.12. The third kappa shape index (κ3) is 2.30. The zero-order valence-corrected chi connectivity index (χ0v) is 10.6. The molecule has 2 heterocycles. The molecule has 0 saturated heterocycles. The van der Waals surface area contributed by atoms with Crippen LogP contribution in [-0.4, -0.2) is 15.0 Å². The van der Waals surface area contributed by atoms with Gasteiger partial charge in [-0.05, 0) is 36.2 Å². The van der Waals surface area contributed by atoms with E-state index in [1.54, 1.807) is 12.4 Å². The fourth-order valence-corrected chi connectivity index (χ4v) is 2.03. The SMILES string of the molecule is Cc1ccc(C(N)c2ccc3nccnc3c2)cn1. The highest BCUT2D eigenvalue weighted by atomic mass is 14.8. The molecule has 19 heavy (non-hydrogen) atoms. The van der Waals surface area contributed by atoms with Crippen molar-refractivity contribution in [3.05, 3.63) is 65.7 Å². The minimum atomic E-state index is -0.195. The highest BCUT2D eigenvalue weighted by Crippen LogP contribution is 2.21. The van der Waals surface area contributed by atoms with Crippen molar-refractivity contribution < 1.29 is 0 Å². The van der Waals surface area contributed by atoms with Crippen LogP contribution in [0.25, 0.3) is 11.0 Å². The number of nitrogens with two attached hydrogens (primary N) is 1. The van der Waals surface area contributed by atoms with Gasteiger partial charge in [-0.3, -0.25) is 15.0 Å². The fraction of sp³-hybridized carbons (Fsp3) is 0.133. The summed E-state index contributed by atoms with van der Waals surface area (Å²) in [6.07, 6.45) is 5.19. The molecule has 0 aliphatic heterocycles. The van der Waals surface area contributed by atoms with E-state index in [4.69, 9.17) is 5.73 Å². The molecule has 0 bridgehead atoms. The van der Waals surface area contributed by atoms with Gasteiger partial charge in [-0.25, -0.2) is 0 Å². The van der Waals surface area contributed by atoms with E-state index in [0.29, 0.717) is 0 Å². The van der Waals surface area contributed by atoms with Crippen LogP contribution >= 0.6 is 0 Å². The zero-order chi connectivity index (χ0) is 13.2. The van der Waals surface area contributed by atoms with Crippen molar-refractivity contribution in [1.29, 1.82) is 0 Å². The normalized spacial score (nSPS) is 12.5. The van der Waals surface area contributed by atoms with Crippen LogP contribution in [0.5, 0.6) is 0 Å². The Morgan fingerprint density at radius 2 is 1.63 bits per heavy atom. The van der Waals surface area contributed by atoms with Gasteiger partial charge in [0.25, 0.3) is 0 Å². The second-order valence-electron chi connectivity index (χ2n) is 4.52. The zero-order valence-electron chi connectivity index (χ0n) is 10.6. The van der Waals surface area contributed by atoms with Crippen molar-refractivity contribution in [2.45, 2.75) is 13.0 Å². The number of hydrogen-bond donors (Lipinski definition) is 1. The number of rotatable bonds is 2. The molecule has 2 aromatic heterocycles. The number of pyridine rings is 1. The first-order valence-electron chi connectivity index (χ1n) is 6.13. The third-order valence-electron chi connectivity index (χ3n) is 3.15. The Kier molecular flexibility index (Phi) is 2.93. The van der Waals surface area contributed by atoms with Gasteiger partial charge in [0.1, 0.15) is 0 Å². The number of fused-ring (bicyclic) bond motifs is 1. The van der Waals surface area contributed by atoms with Gasteiger partial charge < -0.3 is 5.73 Å². The minimum Gasteiger partial charge on any atom is -0.320 e. The Labute approximate surface area is 111 Å². The molecular formula is C15H14N4. The lowest BCUT2D eigenvalue weighted by atomic mass is 10.0. The summed E-state index contributed by atoms with van der Waals surface area (Å²) in [4.78, 5) is 12.8. The maximum absolute atomic E-state index is 6.27. The molecular weight excluding hydrogens is 236 g/mol. The van der Waals surface area contributed by atoms with E-state index in [1.807, 2.05) is 43.5 Å². The van der Waals surface area contributed by atoms with Gasteiger partial charge in [0.2, 0.25) is 0 Å². The van der Waals surface area contributed by atoms with Gasteiger partial charge >= 0.3 is 0 Å². The topological polar surface area (TPSA) is 64.7 Å². The lowest BCUT2D eigenvalue weighted by molar-refractivity contribution is 0.861. The van der Waals surface area contributed by atoms with Crippen LogP contribution < -0.4 is 5.73 Å². The van der Waals surface area contributed by atoms with E-state index in [9.17, 15) is 0 Å². The molecule has 3 aromatic rings. The Bertz CT molecular complexity index is 707. The summed E-state index contributed by atoms with van der Waals surface area (Å²) in [6, 6.07) is 9.69. The van der Waals surface area contributed by atoms with Crippen LogP contribution in [0.1, 0.15) is 22.9 Å². The average molecular weight is 250 g/mol. The van der Waals surface area contributed by atoms with Crippen molar-refractivity contribution in [2.75, 3.05) is 0 Å². The van der Waals surface area contributed by atoms with Gasteiger partial charge in [0.05, 0.1) is 17.1 Å². The Morgan fingerprint density at radius 3 is 2.37 bits per heavy atom. The number of aromatic nitrogens is 3. The standard InChI is InChI=1S/C15H14N4/c1-10-2-3-12(9-19-10)15(16)11-4-5-13-14(8-11)18-7-6-17-13/h2-9,15H,16H2,1H3. The molecule has 0 radical (unpaired) electrons. The number of aryl methyl sites for hydroxylation is 1. The molecule has 0 aliphatic carbocycles. The molecule has 0 amide bonds. The monoisotopic (exact) mass is 250 g/mol. The van der Waals surface area contributed by atoms with Crippen molar-refractivity contribution in [3.8, 4) is 0 Å². The lowest BCUT2D eigenvalue weighted by Crippen LogP contribution is -2.12. The van der Waals surface area contributed by atoms with E-state index < -0.39 is 0 Å². The van der Waals surface area contributed by atoms with E-state index in [1.165, 1.54) is 0 Å². The summed E-state index contributed by atoms with van der Waals surface area (Å²) in [5.41, 5.74) is 11.0. The van der Waals surface area contributed by atoms with Crippen LogP contribution in [-0.2, 0) is 0 Å². The van der Waals surface area contributed by atoms with Crippen LogP contribution in [0.3, 0.4) is 0 Å². The van der Waals surface area contributed by atoms with Crippen molar-refractivity contribution in [1.82, 2.24) is 15.0 Å². The Morgan fingerprint density at radius 1 is 0.895 bits per heavy atom. The number of nitrogens with zero attached hydrogens (tertiary/aromatic N) is 3. The molecule has 0 fully saturated rings. The van der Waals surface area contributed by atoms with Crippen molar-refractivity contribution >= 4 is 11.0 Å². The van der Waals surface area contributed by atoms with Crippen LogP contribution in [0.4, 0.5) is 0 Å². The third-order valence-corrected chi connectivity index (χ3v) is 3.15. The second kappa shape index (κ2) is 4.74. The Hall–Kier alpha value is -2.33. The van der Waals surface area contributed by atoms with Crippen molar-refractivity contribution in [3.63, 3.8) is 0 Å². The molecule has 94 valence electrons. The first-order chi connectivity index (χ1) is 9.24. The van der Waals surface area contributed by atoms with Crippen molar-refractivity contribution in [2.24, 2.45) is 5.73 Å². The quantitative estimate of drug-likeness (QED) is 0.758. The first-order valence-corrected chi connectivity index (χ1v) is 6.13. The fourth-order valence-electron chi connectivity index (χ4n) is 2.03. The number of benzene rings is 1. The van der Waals surface area contributed by atoms with Crippen LogP contribution in [0.2, 0.25) is 0 Å². The molecule has 1 atom stereocenters. The molecule has 0 spiro atoms. The summed E-state index contributed by atoms with van der Waals surface area (Å²) in [7, 11) is 0. The van der Waals surface area contributed by atoms with E-state index >= 15 is 0 Å². The summed E-state index contributed by atoms with van der Waals surface area (Å²) in [5, 5.41) is 0. The van der Waals surface area contributed by atoms with E-state index in [0.717, 1.165) is 27.9 Å². The van der Waals surface area contributed by atoms with Gasteiger partial charge in [0.15, 0.2) is 0 Å². The minimum absolute atomic E-state index is 0.195. The second-order valence-corrected chi connectivity index (χ2v) is 4.52. The molecule has 1 unspecified atom stereocenters. The molecule has 3 rings (SSSR count). The summed E-state index contributed by atoms with van der Waals surface area (Å²) >= 11 is 0. The largest absolute Gasteiger partial charge is 0.320 e. The van der Waals surface area contributed by atoms with E-state index in [2.05, 4.69) is 15.0 Å². The molecule has 0 saturated carbocycles. The Balaban J connectivity index is 2.01. The molecule has 2 N–H and O–H groups in total. The molecule has 0 aliphatic rings. The molecule has 1 aromatic carbocycles. The van der Waals surface area contributed by atoms with Gasteiger partial charge in [-0.15, -0.1) is 0 Å². The van der Waals surface area contributed by atoms with Gasteiger partial charge in [-0.1, -0.05) is 12.1 Å². The highest BCUT2D eigenvalue weighted by molar-refractivity contribution is 5.74. The summed E-state index contributed by atoms with van der Waals surface area (Å²) in [6.45, 7) is 1.96. The van der Waals surface area contributed by atoms with Gasteiger partial charge in [0, 0.05) is 24.3 Å². The predicted octanol–water partition coefficient (Wildman–Crippen LogP) is 2.38. The smallest absolute Gasteiger partial charge is 0.0890 e. The summed E-state index contributed by atoms with van der Waals surface area (Å²) < 4.78 is 0. The molecule has 4 heteroatoms. The maximum Gasteiger partial charge on any atom is 0.0890 e. The van der Waals surface area contributed by atoms with E-state index in [-0.39, 0.29) is 6.04 Å². The maximum atomic E-state index is 6.27. The highest BCUT2D eigenvalue weighted by Gasteiger charge is 2.10. The predicted molar refractivity (Wildman–Crippen MR) is 74.5 cm³/mol. The van der Waals surface area contributed by atoms with Gasteiger partial charge in [-0.2, -0.15) is 0 Å². The molecule has 4 nitrogen and oxygen atoms in total. The summed E-state index contributed by atoms with van der Waals surface area (Å²) in [5.74, 6) is 0. The number of hydrogen-bond acceptors (Lipinski definition) is 4.